The molecule has 0 radical (unpaired) electrons. The molecule has 0 heterocycles. The molecule has 2 heteroatoms. The summed E-state index contributed by atoms with van der Waals surface area (Å²) < 4.78 is 0. The predicted octanol–water partition coefficient (Wildman–Crippen LogP) is 2.73. The molecule has 72 valence electrons. The van der Waals surface area contributed by atoms with Crippen molar-refractivity contribution in [3.63, 3.8) is 0 Å². The molecule has 3 atom stereocenters. The lowest BCUT2D eigenvalue weighted by atomic mass is 9.84. The van der Waals surface area contributed by atoms with E-state index >= 15 is 0 Å². The van der Waals surface area contributed by atoms with Crippen LogP contribution in [0.2, 0.25) is 0 Å². The topological polar surface area (TPSA) is 21.4 Å². The second-order valence-corrected chi connectivity index (χ2v) is 4.24. The van der Waals surface area contributed by atoms with Crippen molar-refractivity contribution in [2.45, 2.75) is 45.6 Å². The highest BCUT2D eigenvalue weighted by atomic mass is 16.1. The van der Waals surface area contributed by atoms with Gasteiger partial charge >= 0.3 is 5.54 Å². The number of hydrogen-bond acceptors (Lipinski definition) is 1. The maximum absolute atomic E-state index is 11.6. The smallest absolute Gasteiger partial charge is 0.290 e. The molecule has 0 N–H and O–H groups in total. The second-order valence-electron chi connectivity index (χ2n) is 4.24. The van der Waals surface area contributed by atoms with E-state index in [0.29, 0.717) is 18.3 Å². The van der Waals surface area contributed by atoms with Crippen LogP contribution < -0.4 is 0 Å². The van der Waals surface area contributed by atoms with Crippen LogP contribution in [0.1, 0.15) is 40.0 Å². The van der Waals surface area contributed by atoms with Crippen molar-refractivity contribution in [3.8, 4) is 6.57 Å². The highest BCUT2D eigenvalue weighted by Gasteiger charge is 2.57. The van der Waals surface area contributed by atoms with Crippen LogP contribution in [0.3, 0.4) is 0 Å². The molecule has 0 aromatic rings. The Kier molecular flexibility index (Phi) is 2.75. The zero-order chi connectivity index (χ0) is 10.1. The molecule has 2 nitrogen and oxygen atoms in total. The first kappa shape index (κ1) is 10.2. The number of rotatable bonds is 2. The van der Waals surface area contributed by atoms with Gasteiger partial charge in [-0.15, -0.1) is 0 Å². The molecule has 1 aliphatic rings. The van der Waals surface area contributed by atoms with Gasteiger partial charge in [-0.3, -0.25) is 4.79 Å². The van der Waals surface area contributed by atoms with Crippen molar-refractivity contribution in [1.82, 2.24) is 0 Å². The minimum absolute atomic E-state index is 0.209. The third kappa shape index (κ3) is 1.48. The maximum Gasteiger partial charge on any atom is 0.337 e. The Balaban J connectivity index is 2.83. The normalized spacial score (nSPS) is 39.1. The summed E-state index contributed by atoms with van der Waals surface area (Å²) in [6.07, 6.45) is 2.90. The predicted molar refractivity (Wildman–Crippen MR) is 53.9 cm³/mol. The Morgan fingerprint density at radius 3 is 2.69 bits per heavy atom. The molecule has 1 saturated carbocycles. The van der Waals surface area contributed by atoms with Crippen LogP contribution in [0.15, 0.2) is 0 Å². The van der Waals surface area contributed by atoms with Gasteiger partial charge in [0.1, 0.15) is 0 Å². The number of ketones is 1. The number of carbonyl (C=O) groups excluding carboxylic acids is 1. The summed E-state index contributed by atoms with van der Waals surface area (Å²) in [4.78, 5) is 15.4. The molecule has 0 amide bonds. The van der Waals surface area contributed by atoms with Crippen LogP contribution >= 0.6 is 0 Å². The lowest BCUT2D eigenvalue weighted by molar-refractivity contribution is -0.120. The fourth-order valence-electron chi connectivity index (χ4n) is 2.25. The lowest BCUT2D eigenvalue weighted by Gasteiger charge is -2.15. The summed E-state index contributed by atoms with van der Waals surface area (Å²) in [6, 6.07) is 0. The molecule has 0 aromatic carbocycles. The van der Waals surface area contributed by atoms with Crippen LogP contribution in [-0.4, -0.2) is 11.3 Å². The van der Waals surface area contributed by atoms with E-state index < -0.39 is 5.54 Å². The molecular weight excluding hydrogens is 162 g/mol. The van der Waals surface area contributed by atoms with Crippen molar-refractivity contribution in [2.24, 2.45) is 11.8 Å². The minimum atomic E-state index is -0.611. The van der Waals surface area contributed by atoms with Gasteiger partial charge in [-0.2, -0.15) is 0 Å². The summed E-state index contributed by atoms with van der Waals surface area (Å²) in [5.74, 6) is 0.987. The third-order valence-electron chi connectivity index (χ3n) is 3.53. The first-order valence-electron chi connectivity index (χ1n) is 5.01. The number of nitrogens with zero attached hydrogens (tertiary/aromatic N) is 1. The Morgan fingerprint density at radius 1 is 1.69 bits per heavy atom. The van der Waals surface area contributed by atoms with Crippen LogP contribution in [0.5, 0.6) is 0 Å². The Labute approximate surface area is 80.1 Å². The molecule has 0 aromatic heterocycles. The second kappa shape index (κ2) is 3.49. The summed E-state index contributed by atoms with van der Waals surface area (Å²) in [6.45, 7) is 11.4. The summed E-state index contributed by atoms with van der Waals surface area (Å²) in [5.41, 5.74) is -0.611. The largest absolute Gasteiger partial charge is 0.337 e. The van der Waals surface area contributed by atoms with Crippen molar-refractivity contribution in [2.75, 3.05) is 0 Å². The van der Waals surface area contributed by atoms with Gasteiger partial charge in [0, 0.05) is 19.3 Å². The number of carbonyl (C=O) groups is 1. The van der Waals surface area contributed by atoms with Crippen LogP contribution in [0.25, 0.3) is 4.85 Å². The van der Waals surface area contributed by atoms with Crippen LogP contribution in [0.4, 0.5) is 0 Å². The Hall–Kier alpha value is -0.840. The van der Waals surface area contributed by atoms with E-state index in [4.69, 9.17) is 6.57 Å². The Bertz CT molecular complexity index is 253. The molecule has 0 bridgehead atoms. The SMILES string of the molecule is C#[N+]C1(C)C(=O)CC(CCC)C1C. The third-order valence-corrected chi connectivity index (χ3v) is 3.53. The van der Waals surface area contributed by atoms with Gasteiger partial charge in [-0.05, 0) is 12.3 Å². The first-order valence-corrected chi connectivity index (χ1v) is 5.01. The highest BCUT2D eigenvalue weighted by molar-refractivity contribution is 5.92. The molecule has 13 heavy (non-hydrogen) atoms. The standard InChI is InChI=1S/C11H18NO/c1-5-6-9-7-10(13)11(3,12-4)8(9)2/h4,8-9H,5-7H2,1-3H3/q+1. The van der Waals surface area contributed by atoms with E-state index in [1.54, 1.807) is 0 Å². The van der Waals surface area contributed by atoms with E-state index in [9.17, 15) is 4.79 Å². The average Bonchev–Trinajstić information content (AvgIpc) is 2.32. The zero-order valence-electron chi connectivity index (χ0n) is 8.71. The molecule has 1 aliphatic carbocycles. The molecular formula is C11H18NO+. The van der Waals surface area contributed by atoms with Gasteiger partial charge < -0.3 is 0 Å². The summed E-state index contributed by atoms with van der Waals surface area (Å²) in [7, 11) is 0. The van der Waals surface area contributed by atoms with Gasteiger partial charge in [-0.25, -0.2) is 0 Å². The summed E-state index contributed by atoms with van der Waals surface area (Å²) >= 11 is 0. The van der Waals surface area contributed by atoms with Gasteiger partial charge in [0.25, 0.3) is 6.57 Å². The molecule has 1 fully saturated rings. The van der Waals surface area contributed by atoms with Gasteiger partial charge in [0.2, 0.25) is 5.78 Å². The van der Waals surface area contributed by atoms with Crippen molar-refractivity contribution >= 4 is 5.78 Å². The fourth-order valence-corrected chi connectivity index (χ4v) is 2.25. The molecule has 1 rings (SSSR count). The van der Waals surface area contributed by atoms with Gasteiger partial charge in [0.15, 0.2) is 0 Å². The van der Waals surface area contributed by atoms with Crippen LogP contribution in [0, 0.1) is 18.4 Å². The van der Waals surface area contributed by atoms with E-state index in [1.807, 2.05) is 6.92 Å². The number of hydrogen-bond donors (Lipinski definition) is 0. The zero-order valence-corrected chi connectivity index (χ0v) is 8.71. The highest BCUT2D eigenvalue weighted by Crippen LogP contribution is 2.42. The molecule has 0 spiro atoms. The lowest BCUT2D eigenvalue weighted by Crippen LogP contribution is -2.32. The monoisotopic (exact) mass is 180 g/mol. The van der Waals surface area contributed by atoms with E-state index in [-0.39, 0.29) is 5.78 Å². The van der Waals surface area contributed by atoms with E-state index in [0.717, 1.165) is 12.8 Å². The quantitative estimate of drug-likeness (QED) is 0.640. The molecule has 3 unspecified atom stereocenters. The first-order chi connectivity index (χ1) is 6.06. The Morgan fingerprint density at radius 2 is 2.31 bits per heavy atom. The summed E-state index contributed by atoms with van der Waals surface area (Å²) in [5, 5.41) is 0. The van der Waals surface area contributed by atoms with E-state index in [1.165, 1.54) is 0 Å². The number of Topliss-reactive ketones (excluding diaryl/α,β-unsaturated/α-hetero) is 1. The average molecular weight is 180 g/mol. The van der Waals surface area contributed by atoms with Crippen molar-refractivity contribution in [1.29, 1.82) is 0 Å². The van der Waals surface area contributed by atoms with Crippen molar-refractivity contribution in [3.05, 3.63) is 4.85 Å². The minimum Gasteiger partial charge on any atom is -0.290 e. The van der Waals surface area contributed by atoms with E-state index in [2.05, 4.69) is 18.7 Å². The van der Waals surface area contributed by atoms with Gasteiger partial charge in [0.05, 0.1) is 0 Å². The molecule has 0 saturated heterocycles. The van der Waals surface area contributed by atoms with Gasteiger partial charge in [-0.1, -0.05) is 25.1 Å². The maximum atomic E-state index is 11.6. The van der Waals surface area contributed by atoms with Crippen LogP contribution in [-0.2, 0) is 4.79 Å². The molecule has 0 aliphatic heterocycles. The fraction of sp³-hybridized carbons (Fsp3) is 0.818. The van der Waals surface area contributed by atoms with Crippen molar-refractivity contribution < 1.29 is 4.79 Å².